The van der Waals surface area contributed by atoms with Crippen LogP contribution in [0.5, 0.6) is 0 Å². The molecule has 5 N–H and O–H groups in total. The van der Waals surface area contributed by atoms with E-state index in [-0.39, 0.29) is 12.1 Å². The predicted molar refractivity (Wildman–Crippen MR) is 73.4 cm³/mol. The van der Waals surface area contributed by atoms with Crippen LogP contribution in [0.15, 0.2) is 24.3 Å². The summed E-state index contributed by atoms with van der Waals surface area (Å²) in [6.45, 7) is 0. The molecule has 20 heavy (non-hydrogen) atoms. The molecule has 1 aromatic carbocycles. The van der Waals surface area contributed by atoms with Crippen molar-refractivity contribution in [2.24, 2.45) is 5.73 Å². The van der Waals surface area contributed by atoms with Crippen molar-refractivity contribution in [2.75, 3.05) is 12.4 Å². The zero-order valence-corrected chi connectivity index (χ0v) is 10.8. The quantitative estimate of drug-likeness (QED) is 0.644. The lowest BCUT2D eigenvalue weighted by Gasteiger charge is -1.99. The molecule has 0 saturated carbocycles. The van der Waals surface area contributed by atoms with Crippen LogP contribution in [0.4, 0.5) is 5.82 Å². The fourth-order valence-electron chi connectivity index (χ4n) is 1.82. The van der Waals surface area contributed by atoms with Gasteiger partial charge in [-0.25, -0.2) is 4.98 Å². The zero-order valence-electron chi connectivity index (χ0n) is 10.8. The number of carbonyl (C=O) groups is 2. The Balaban J connectivity index is 2.32. The molecule has 1 heterocycles. The molecule has 0 aliphatic rings. The summed E-state index contributed by atoms with van der Waals surface area (Å²) >= 11 is 0. The summed E-state index contributed by atoms with van der Waals surface area (Å²) in [6.07, 6.45) is -0.0350. The van der Waals surface area contributed by atoms with Crippen molar-refractivity contribution in [2.45, 2.75) is 6.42 Å². The first-order chi connectivity index (χ1) is 9.51. The highest BCUT2D eigenvalue weighted by Crippen LogP contribution is 2.21. The molecule has 0 bridgehead atoms. The number of imidazole rings is 1. The van der Waals surface area contributed by atoms with Gasteiger partial charge in [0.05, 0.1) is 6.42 Å². The lowest BCUT2D eigenvalue weighted by molar-refractivity contribution is -0.136. The lowest BCUT2D eigenvalue weighted by atomic mass is 10.1. The Labute approximate surface area is 114 Å². The second kappa shape index (κ2) is 5.43. The number of anilines is 1. The summed E-state index contributed by atoms with van der Waals surface area (Å²) < 4.78 is 0. The number of nitrogens with zero attached hydrogens (tertiary/aromatic N) is 1. The van der Waals surface area contributed by atoms with Crippen LogP contribution in [-0.2, 0) is 11.2 Å². The SMILES string of the molecule is CNc1nc(-c2ccc(CC(=O)O)cc2)[nH]c1C(N)=O. The van der Waals surface area contributed by atoms with E-state index in [1.54, 1.807) is 31.3 Å². The highest BCUT2D eigenvalue weighted by Gasteiger charge is 2.14. The Morgan fingerprint density at radius 3 is 2.45 bits per heavy atom. The van der Waals surface area contributed by atoms with E-state index in [2.05, 4.69) is 15.3 Å². The Bertz CT molecular complexity index is 646. The van der Waals surface area contributed by atoms with Crippen LogP contribution in [0.2, 0.25) is 0 Å². The summed E-state index contributed by atoms with van der Waals surface area (Å²) in [5.41, 5.74) is 6.88. The fraction of sp³-hybridized carbons (Fsp3) is 0.154. The molecule has 7 heteroatoms. The number of benzene rings is 1. The number of rotatable bonds is 5. The normalized spacial score (nSPS) is 10.2. The van der Waals surface area contributed by atoms with E-state index >= 15 is 0 Å². The van der Waals surface area contributed by atoms with Gasteiger partial charge in [-0.1, -0.05) is 24.3 Å². The summed E-state index contributed by atoms with van der Waals surface area (Å²) in [4.78, 5) is 28.9. The molecule has 104 valence electrons. The molecule has 7 nitrogen and oxygen atoms in total. The highest BCUT2D eigenvalue weighted by atomic mass is 16.4. The molecule has 0 aliphatic heterocycles. The van der Waals surface area contributed by atoms with Crippen molar-refractivity contribution in [3.63, 3.8) is 0 Å². The summed E-state index contributed by atoms with van der Waals surface area (Å²) in [5, 5.41) is 11.5. The highest BCUT2D eigenvalue weighted by molar-refractivity contribution is 5.96. The number of hydrogen-bond donors (Lipinski definition) is 4. The van der Waals surface area contributed by atoms with Crippen molar-refractivity contribution in [3.8, 4) is 11.4 Å². The first kappa shape index (κ1) is 13.6. The Morgan fingerprint density at radius 1 is 1.35 bits per heavy atom. The first-order valence-electron chi connectivity index (χ1n) is 5.90. The number of aliphatic carboxylic acids is 1. The minimum absolute atomic E-state index is 0.0350. The van der Waals surface area contributed by atoms with E-state index in [1.807, 2.05) is 0 Å². The number of primary amides is 1. The first-order valence-corrected chi connectivity index (χ1v) is 5.90. The van der Waals surface area contributed by atoms with Gasteiger partial charge in [0.25, 0.3) is 5.91 Å². The third-order valence-corrected chi connectivity index (χ3v) is 2.77. The number of aromatic amines is 1. The standard InChI is InChI=1S/C13H14N4O3/c1-15-13-10(11(14)20)16-12(17-13)8-4-2-7(3-5-8)6-9(18)19/h2-5,15H,6H2,1H3,(H2,14,20)(H,16,17)(H,18,19). The maximum Gasteiger partial charge on any atom is 0.307 e. The molecule has 0 atom stereocenters. The molecule has 0 unspecified atom stereocenters. The minimum atomic E-state index is -0.885. The number of nitrogens with two attached hydrogens (primary N) is 1. The minimum Gasteiger partial charge on any atom is -0.481 e. The summed E-state index contributed by atoms with van der Waals surface area (Å²) in [6, 6.07) is 6.88. The van der Waals surface area contributed by atoms with Crippen LogP contribution in [0.25, 0.3) is 11.4 Å². The van der Waals surface area contributed by atoms with Gasteiger partial charge < -0.3 is 21.1 Å². The largest absolute Gasteiger partial charge is 0.481 e. The number of H-pyrrole nitrogens is 1. The van der Waals surface area contributed by atoms with Gasteiger partial charge >= 0.3 is 5.97 Å². The second-order valence-corrected chi connectivity index (χ2v) is 4.19. The maximum absolute atomic E-state index is 11.2. The number of nitrogens with one attached hydrogen (secondary N) is 2. The van der Waals surface area contributed by atoms with Crippen molar-refractivity contribution in [1.29, 1.82) is 0 Å². The smallest absolute Gasteiger partial charge is 0.307 e. The fourth-order valence-corrected chi connectivity index (χ4v) is 1.82. The molecule has 0 fully saturated rings. The molecule has 0 aliphatic carbocycles. The third-order valence-electron chi connectivity index (χ3n) is 2.77. The van der Waals surface area contributed by atoms with Crippen LogP contribution in [0, 0.1) is 0 Å². The molecule has 2 rings (SSSR count). The van der Waals surface area contributed by atoms with E-state index in [9.17, 15) is 9.59 Å². The summed E-state index contributed by atoms with van der Waals surface area (Å²) in [7, 11) is 1.64. The van der Waals surface area contributed by atoms with Gasteiger partial charge in [-0.05, 0) is 5.56 Å². The van der Waals surface area contributed by atoms with E-state index in [1.165, 1.54) is 0 Å². The third kappa shape index (κ3) is 2.77. The number of hydrogen-bond acceptors (Lipinski definition) is 4. The van der Waals surface area contributed by atoms with Crippen molar-refractivity contribution < 1.29 is 14.7 Å². The van der Waals surface area contributed by atoms with Crippen molar-refractivity contribution in [3.05, 3.63) is 35.5 Å². The monoisotopic (exact) mass is 274 g/mol. The number of carboxylic acids is 1. The van der Waals surface area contributed by atoms with Gasteiger partial charge in [0.1, 0.15) is 11.5 Å². The van der Waals surface area contributed by atoms with Crippen LogP contribution < -0.4 is 11.1 Å². The van der Waals surface area contributed by atoms with Crippen LogP contribution in [0.3, 0.4) is 0 Å². The lowest BCUT2D eigenvalue weighted by Crippen LogP contribution is -2.13. The molecular weight excluding hydrogens is 260 g/mol. The Morgan fingerprint density at radius 2 is 2.00 bits per heavy atom. The van der Waals surface area contributed by atoms with Crippen LogP contribution >= 0.6 is 0 Å². The number of carbonyl (C=O) groups excluding carboxylic acids is 1. The number of aromatic nitrogens is 2. The van der Waals surface area contributed by atoms with E-state index < -0.39 is 11.9 Å². The topological polar surface area (TPSA) is 121 Å². The predicted octanol–water partition coefficient (Wildman–Crippen LogP) is 0.844. The number of amides is 1. The van der Waals surface area contributed by atoms with E-state index in [0.29, 0.717) is 17.2 Å². The van der Waals surface area contributed by atoms with Gasteiger partial charge in [-0.2, -0.15) is 0 Å². The molecule has 0 spiro atoms. The van der Waals surface area contributed by atoms with Gasteiger partial charge in [-0.3, -0.25) is 9.59 Å². The van der Waals surface area contributed by atoms with Crippen LogP contribution in [-0.4, -0.2) is 34.0 Å². The van der Waals surface area contributed by atoms with Crippen molar-refractivity contribution >= 4 is 17.7 Å². The molecule has 1 aromatic heterocycles. The average Bonchev–Trinajstić information content (AvgIpc) is 2.83. The zero-order chi connectivity index (χ0) is 14.7. The molecule has 0 saturated heterocycles. The van der Waals surface area contributed by atoms with Gasteiger partial charge in [0.2, 0.25) is 0 Å². The van der Waals surface area contributed by atoms with E-state index in [4.69, 9.17) is 10.8 Å². The van der Waals surface area contributed by atoms with Crippen molar-refractivity contribution in [1.82, 2.24) is 9.97 Å². The van der Waals surface area contributed by atoms with Gasteiger partial charge in [0.15, 0.2) is 5.82 Å². The van der Waals surface area contributed by atoms with E-state index in [0.717, 1.165) is 5.56 Å². The average molecular weight is 274 g/mol. The van der Waals surface area contributed by atoms with Crippen LogP contribution in [0.1, 0.15) is 16.1 Å². The Kier molecular flexibility index (Phi) is 3.69. The second-order valence-electron chi connectivity index (χ2n) is 4.19. The number of carboxylic acid groups (broad SMARTS) is 1. The molecule has 0 radical (unpaired) electrons. The molecular formula is C13H14N4O3. The maximum atomic E-state index is 11.2. The summed E-state index contributed by atoms with van der Waals surface area (Å²) in [5.74, 6) is -0.619. The molecule has 2 aromatic rings. The molecule has 1 amide bonds. The van der Waals surface area contributed by atoms with Gasteiger partial charge in [-0.15, -0.1) is 0 Å². The van der Waals surface area contributed by atoms with Gasteiger partial charge in [0, 0.05) is 12.6 Å². The Hall–Kier alpha value is -2.83.